The second-order valence-electron chi connectivity index (χ2n) is 5.69. The third-order valence-electron chi connectivity index (χ3n) is 4.19. The first kappa shape index (κ1) is 13.8. The van der Waals surface area contributed by atoms with Gasteiger partial charge in [0.2, 0.25) is 0 Å². The van der Waals surface area contributed by atoms with Crippen LogP contribution in [0.2, 0.25) is 0 Å². The summed E-state index contributed by atoms with van der Waals surface area (Å²) < 4.78 is 5.85. The lowest BCUT2D eigenvalue weighted by Crippen LogP contribution is -2.05. The molecular weight excluding hydrogens is 294 g/mol. The van der Waals surface area contributed by atoms with E-state index in [4.69, 9.17) is 4.74 Å². The lowest BCUT2D eigenvalue weighted by Gasteiger charge is -2.06. The van der Waals surface area contributed by atoms with Crippen LogP contribution in [0.15, 0.2) is 54.7 Å². The van der Waals surface area contributed by atoms with Gasteiger partial charge >= 0.3 is 0 Å². The topological polar surface area (TPSA) is 81.5 Å². The molecule has 2 aromatic carbocycles. The maximum absolute atomic E-state index is 10.7. The summed E-state index contributed by atoms with van der Waals surface area (Å²) in [5.74, 6) is 0. The van der Waals surface area contributed by atoms with E-state index in [0.29, 0.717) is 0 Å². The zero-order chi connectivity index (χ0) is 16.0. The number of hydrogen-bond acceptors (Lipinski definition) is 5. The first-order valence-corrected chi connectivity index (χ1v) is 7.22. The zero-order valence-electron chi connectivity index (χ0n) is 12.3. The van der Waals surface area contributed by atoms with E-state index in [1.807, 2.05) is 31.2 Å². The molecule has 0 bridgehead atoms. The van der Waals surface area contributed by atoms with E-state index in [1.54, 1.807) is 18.3 Å². The van der Waals surface area contributed by atoms with Gasteiger partial charge in [0.15, 0.2) is 0 Å². The molecule has 0 aliphatic carbocycles. The third-order valence-corrected chi connectivity index (χ3v) is 4.19. The van der Waals surface area contributed by atoms with E-state index < -0.39 is 10.5 Å². The van der Waals surface area contributed by atoms with Gasteiger partial charge in [0.25, 0.3) is 5.69 Å². The van der Waals surface area contributed by atoms with Crippen molar-refractivity contribution in [2.75, 3.05) is 0 Å². The van der Waals surface area contributed by atoms with Crippen LogP contribution < -0.4 is 0 Å². The minimum absolute atomic E-state index is 0.0695. The van der Waals surface area contributed by atoms with Crippen LogP contribution in [0.1, 0.15) is 24.3 Å². The first-order chi connectivity index (χ1) is 11.1. The summed E-state index contributed by atoms with van der Waals surface area (Å²) in [5.41, 5.74) is 2.87. The number of nitro benzene ring substituents is 1. The predicted octanol–water partition coefficient (Wildman–Crippen LogP) is 3.52. The van der Waals surface area contributed by atoms with Crippen LogP contribution in [0, 0.1) is 10.1 Å². The number of hydrogen-bond donors (Lipinski definition) is 0. The molecule has 1 saturated heterocycles. The number of epoxide rings is 1. The molecule has 0 spiro atoms. The summed E-state index contributed by atoms with van der Waals surface area (Å²) >= 11 is 0. The molecule has 6 nitrogen and oxygen atoms in total. The highest BCUT2D eigenvalue weighted by Crippen LogP contribution is 2.56. The van der Waals surface area contributed by atoms with Gasteiger partial charge in [-0.05, 0) is 36.8 Å². The Hall–Kier alpha value is -2.86. The molecule has 1 fully saturated rings. The molecule has 114 valence electrons. The summed E-state index contributed by atoms with van der Waals surface area (Å²) in [6, 6.07) is 14.1. The number of nitro groups is 1. The van der Waals surface area contributed by atoms with Crippen LogP contribution in [-0.2, 0) is 10.3 Å². The number of fused-ring (bicyclic) bond motifs is 1. The second-order valence-corrected chi connectivity index (χ2v) is 5.69. The van der Waals surface area contributed by atoms with E-state index in [2.05, 4.69) is 9.97 Å². The molecule has 0 saturated carbocycles. The van der Waals surface area contributed by atoms with E-state index in [9.17, 15) is 10.1 Å². The van der Waals surface area contributed by atoms with Crippen molar-refractivity contribution in [2.24, 2.45) is 0 Å². The van der Waals surface area contributed by atoms with E-state index in [1.165, 1.54) is 12.1 Å². The van der Waals surface area contributed by atoms with Gasteiger partial charge in [0.05, 0.1) is 27.8 Å². The second kappa shape index (κ2) is 4.82. The molecule has 0 unspecified atom stereocenters. The molecule has 0 radical (unpaired) electrons. The Morgan fingerprint density at radius 3 is 2.52 bits per heavy atom. The van der Waals surface area contributed by atoms with Crippen LogP contribution in [0.4, 0.5) is 5.69 Å². The average Bonchev–Trinajstić information content (AvgIpc) is 3.28. The predicted molar refractivity (Wildman–Crippen MR) is 83.8 cm³/mol. The molecule has 1 aliphatic rings. The number of aromatic nitrogens is 2. The largest absolute Gasteiger partial charge is 0.354 e. The van der Waals surface area contributed by atoms with Gasteiger partial charge in [-0.1, -0.05) is 12.1 Å². The zero-order valence-corrected chi connectivity index (χ0v) is 12.3. The molecule has 1 aromatic heterocycles. The molecular formula is C17H13N3O3. The number of nitrogens with zero attached hydrogens (tertiary/aromatic N) is 3. The van der Waals surface area contributed by atoms with Crippen molar-refractivity contribution < 1.29 is 9.66 Å². The number of non-ortho nitro benzene ring substituents is 1. The van der Waals surface area contributed by atoms with Crippen molar-refractivity contribution in [3.05, 3.63) is 76.1 Å². The van der Waals surface area contributed by atoms with Gasteiger partial charge in [-0.15, -0.1) is 0 Å². The molecule has 23 heavy (non-hydrogen) atoms. The maximum Gasteiger partial charge on any atom is 0.269 e. The molecule has 0 N–H and O–H groups in total. The molecule has 2 heterocycles. The van der Waals surface area contributed by atoms with Crippen LogP contribution >= 0.6 is 0 Å². The summed E-state index contributed by atoms with van der Waals surface area (Å²) in [5, 5.41) is 10.7. The standard InChI is InChI=1S/C17H13N3O3/c1-17(11-6-8-12(9-7-11)20(21)22)16(23-17)15-10-18-13-4-2-3-5-14(13)19-15/h2-10,16H,1H3/t16-,17+/m1/s1. The molecule has 2 atom stereocenters. The normalized spacial score (nSPS) is 22.9. The minimum Gasteiger partial charge on any atom is -0.354 e. The van der Waals surface area contributed by atoms with Crippen molar-refractivity contribution in [3.8, 4) is 0 Å². The average molecular weight is 307 g/mol. The monoisotopic (exact) mass is 307 g/mol. The van der Waals surface area contributed by atoms with Crippen LogP contribution in [0.3, 0.4) is 0 Å². The highest BCUT2D eigenvalue weighted by molar-refractivity contribution is 5.73. The molecule has 0 amide bonds. The maximum atomic E-state index is 10.7. The number of rotatable bonds is 3. The van der Waals surface area contributed by atoms with Gasteiger partial charge in [0.1, 0.15) is 11.7 Å². The summed E-state index contributed by atoms with van der Waals surface area (Å²) in [4.78, 5) is 19.3. The van der Waals surface area contributed by atoms with Crippen LogP contribution in [-0.4, -0.2) is 14.9 Å². The quantitative estimate of drug-likeness (QED) is 0.420. The summed E-state index contributed by atoms with van der Waals surface area (Å²) in [6.07, 6.45) is 1.53. The van der Waals surface area contributed by atoms with E-state index in [-0.39, 0.29) is 11.8 Å². The minimum atomic E-state index is -0.522. The lowest BCUT2D eigenvalue weighted by atomic mass is 9.96. The Morgan fingerprint density at radius 2 is 1.83 bits per heavy atom. The van der Waals surface area contributed by atoms with Gasteiger partial charge in [-0.25, -0.2) is 4.98 Å². The Labute approximate surface area is 131 Å². The highest BCUT2D eigenvalue weighted by atomic mass is 16.6. The Kier molecular flexibility index (Phi) is 2.89. The van der Waals surface area contributed by atoms with Crippen LogP contribution in [0.5, 0.6) is 0 Å². The van der Waals surface area contributed by atoms with Gasteiger partial charge < -0.3 is 4.74 Å². The lowest BCUT2D eigenvalue weighted by molar-refractivity contribution is -0.384. The molecule has 4 rings (SSSR count). The molecule has 6 heteroatoms. The highest BCUT2D eigenvalue weighted by Gasteiger charge is 2.55. The van der Waals surface area contributed by atoms with Gasteiger partial charge in [-0.2, -0.15) is 0 Å². The first-order valence-electron chi connectivity index (χ1n) is 7.22. The number of para-hydroxylation sites is 2. The Bertz CT molecular complexity index is 910. The fourth-order valence-electron chi connectivity index (χ4n) is 2.78. The smallest absolute Gasteiger partial charge is 0.269 e. The van der Waals surface area contributed by atoms with Crippen LogP contribution in [0.25, 0.3) is 11.0 Å². The molecule has 3 aromatic rings. The van der Waals surface area contributed by atoms with Crippen molar-refractivity contribution in [2.45, 2.75) is 18.6 Å². The van der Waals surface area contributed by atoms with Gasteiger partial charge in [0, 0.05) is 12.1 Å². The third kappa shape index (κ3) is 2.24. The summed E-state index contributed by atoms with van der Waals surface area (Å²) in [7, 11) is 0. The van der Waals surface area contributed by atoms with Crippen molar-refractivity contribution in [1.82, 2.24) is 9.97 Å². The number of ether oxygens (including phenoxy) is 1. The van der Waals surface area contributed by atoms with Crippen molar-refractivity contribution >= 4 is 16.7 Å². The Balaban J connectivity index is 1.65. The summed E-state index contributed by atoms with van der Waals surface area (Å²) in [6.45, 7) is 1.95. The SMILES string of the molecule is C[C@@]1(c2ccc([N+](=O)[O-])cc2)O[C@@H]1c1cnc2ccccc2n1. The van der Waals surface area contributed by atoms with E-state index >= 15 is 0 Å². The van der Waals surface area contributed by atoms with Crippen molar-refractivity contribution in [3.63, 3.8) is 0 Å². The van der Waals surface area contributed by atoms with Gasteiger partial charge in [-0.3, -0.25) is 15.1 Å². The van der Waals surface area contributed by atoms with Crippen molar-refractivity contribution in [1.29, 1.82) is 0 Å². The fourth-order valence-corrected chi connectivity index (χ4v) is 2.78. The Morgan fingerprint density at radius 1 is 1.13 bits per heavy atom. The van der Waals surface area contributed by atoms with E-state index in [0.717, 1.165) is 22.3 Å². The molecule has 1 aliphatic heterocycles. The number of benzene rings is 2. The fraction of sp³-hybridized carbons (Fsp3) is 0.176.